The van der Waals surface area contributed by atoms with E-state index >= 15 is 0 Å². The molecule has 1 aromatic rings. The number of halogens is 3. The van der Waals surface area contributed by atoms with Gasteiger partial charge < -0.3 is 10.5 Å². The maximum absolute atomic E-state index is 13.2. The highest BCUT2D eigenvalue weighted by Crippen LogP contribution is 2.25. The highest BCUT2D eigenvalue weighted by atomic mass is 35.5. The lowest BCUT2D eigenvalue weighted by molar-refractivity contribution is 0.0401. The van der Waals surface area contributed by atoms with Crippen molar-refractivity contribution in [1.82, 2.24) is 4.31 Å². The Balaban J connectivity index is 0.00000264. The summed E-state index contributed by atoms with van der Waals surface area (Å²) in [5.74, 6) is -0.787. The molecular weight excluding hydrogens is 366 g/mol. The minimum atomic E-state index is -3.54. The lowest BCUT2D eigenvalue weighted by Crippen LogP contribution is -2.51. The van der Waals surface area contributed by atoms with Gasteiger partial charge in [0.2, 0.25) is 10.0 Å². The highest BCUT2D eigenvalue weighted by molar-refractivity contribution is 7.88. The van der Waals surface area contributed by atoms with Crippen LogP contribution in [0.5, 0.6) is 0 Å². The largest absolute Gasteiger partial charge is 0.381 e. The second kappa shape index (κ2) is 8.60. The molecule has 0 aliphatic carbocycles. The molecule has 1 aliphatic heterocycles. The number of rotatable bonds is 5. The normalized spacial score (nSPS) is 22.6. The third kappa shape index (κ3) is 5.01. The monoisotopic (exact) mass is 386 g/mol. The lowest BCUT2D eigenvalue weighted by Gasteiger charge is -2.37. The van der Waals surface area contributed by atoms with Crippen LogP contribution in [0.25, 0.3) is 0 Å². The minimum Gasteiger partial charge on any atom is -0.381 e. The highest BCUT2D eigenvalue weighted by Gasteiger charge is 2.35. The number of hydrogen-bond acceptors (Lipinski definition) is 4. The zero-order chi connectivity index (χ0) is 16.3. The Morgan fingerprint density at radius 1 is 1.48 bits per heavy atom. The molecule has 0 bridgehead atoms. The number of piperidine rings is 1. The summed E-state index contributed by atoms with van der Waals surface area (Å²) >= 11 is 5.70. The molecule has 1 aliphatic rings. The van der Waals surface area contributed by atoms with Gasteiger partial charge in [-0.1, -0.05) is 17.7 Å². The molecule has 0 saturated carbocycles. The Bertz CT molecular complexity index is 630. The van der Waals surface area contributed by atoms with Crippen LogP contribution < -0.4 is 5.73 Å². The second-order valence-corrected chi connectivity index (χ2v) is 7.72. The zero-order valence-electron chi connectivity index (χ0n) is 12.7. The third-order valence-electron chi connectivity index (χ3n) is 3.91. The van der Waals surface area contributed by atoms with Crippen molar-refractivity contribution in [2.24, 2.45) is 5.73 Å². The predicted molar refractivity (Wildman–Crippen MR) is 90.9 cm³/mol. The molecular formula is C14H21Cl2FN2O3S. The lowest BCUT2D eigenvalue weighted by atomic mass is 10.0. The van der Waals surface area contributed by atoms with Crippen LogP contribution in [-0.2, 0) is 20.5 Å². The van der Waals surface area contributed by atoms with Crippen LogP contribution in [0.2, 0.25) is 5.02 Å². The maximum Gasteiger partial charge on any atom is 0.218 e. The van der Waals surface area contributed by atoms with Crippen LogP contribution in [0.15, 0.2) is 18.2 Å². The molecule has 132 valence electrons. The molecule has 1 aromatic carbocycles. The summed E-state index contributed by atoms with van der Waals surface area (Å²) in [5.41, 5.74) is 6.17. The molecule has 5 nitrogen and oxygen atoms in total. The van der Waals surface area contributed by atoms with Gasteiger partial charge in [0.25, 0.3) is 0 Å². The second-order valence-electron chi connectivity index (χ2n) is 5.39. The Morgan fingerprint density at radius 3 is 2.74 bits per heavy atom. The molecule has 0 aromatic heterocycles. The molecule has 2 unspecified atom stereocenters. The molecule has 0 spiro atoms. The predicted octanol–water partition coefficient (Wildman–Crippen LogP) is 2.17. The van der Waals surface area contributed by atoms with E-state index in [1.807, 2.05) is 0 Å². The van der Waals surface area contributed by atoms with E-state index in [1.54, 1.807) is 7.11 Å². The third-order valence-corrected chi connectivity index (χ3v) is 6.09. The van der Waals surface area contributed by atoms with Crippen molar-refractivity contribution < 1.29 is 17.5 Å². The SMILES string of the molecule is COC1CCN(S(=O)(=O)Cc2ccc(F)c(Cl)c2)C(CN)C1.Cl. The molecule has 0 radical (unpaired) electrons. The number of methoxy groups -OCH3 is 1. The van der Waals surface area contributed by atoms with Crippen molar-refractivity contribution in [1.29, 1.82) is 0 Å². The Morgan fingerprint density at radius 2 is 2.17 bits per heavy atom. The van der Waals surface area contributed by atoms with E-state index in [-0.39, 0.29) is 41.9 Å². The van der Waals surface area contributed by atoms with Crippen LogP contribution in [0.4, 0.5) is 4.39 Å². The van der Waals surface area contributed by atoms with Gasteiger partial charge in [0.15, 0.2) is 0 Å². The summed E-state index contributed by atoms with van der Waals surface area (Å²) in [5, 5.41) is -0.0823. The van der Waals surface area contributed by atoms with Crippen LogP contribution >= 0.6 is 24.0 Å². The summed E-state index contributed by atoms with van der Waals surface area (Å²) in [6.45, 7) is 0.612. The molecule has 1 heterocycles. The van der Waals surface area contributed by atoms with E-state index in [0.29, 0.717) is 24.9 Å². The van der Waals surface area contributed by atoms with Gasteiger partial charge in [-0.25, -0.2) is 12.8 Å². The van der Waals surface area contributed by atoms with Crippen molar-refractivity contribution in [3.05, 3.63) is 34.6 Å². The Kier molecular flexibility index (Phi) is 7.70. The van der Waals surface area contributed by atoms with Crippen molar-refractivity contribution >= 4 is 34.0 Å². The van der Waals surface area contributed by atoms with Crippen molar-refractivity contribution in [2.45, 2.75) is 30.7 Å². The number of ether oxygens (including phenoxy) is 1. The van der Waals surface area contributed by atoms with E-state index in [0.717, 1.165) is 0 Å². The quantitative estimate of drug-likeness (QED) is 0.841. The topological polar surface area (TPSA) is 72.6 Å². The standard InChI is InChI=1S/C14H20ClFN2O3S.ClH/c1-21-12-4-5-18(11(7-12)8-17)22(19,20)9-10-2-3-14(16)13(15)6-10;/h2-3,6,11-12H,4-5,7-9,17H2,1H3;1H. The summed E-state index contributed by atoms with van der Waals surface area (Å²) < 4.78 is 45.1. The van der Waals surface area contributed by atoms with E-state index < -0.39 is 15.8 Å². The summed E-state index contributed by atoms with van der Waals surface area (Å²) in [6.07, 6.45) is 1.24. The van der Waals surface area contributed by atoms with Gasteiger partial charge in [0.1, 0.15) is 5.82 Å². The first kappa shape index (κ1) is 20.6. The Labute approximate surface area is 147 Å². The summed E-state index contributed by atoms with van der Waals surface area (Å²) in [6, 6.07) is 3.66. The molecule has 9 heteroatoms. The van der Waals surface area contributed by atoms with Gasteiger partial charge in [-0.2, -0.15) is 4.31 Å². The molecule has 23 heavy (non-hydrogen) atoms. The number of sulfonamides is 1. The van der Waals surface area contributed by atoms with Crippen molar-refractivity contribution in [3.63, 3.8) is 0 Å². The number of nitrogens with two attached hydrogens (primary N) is 1. The average Bonchev–Trinajstić information content (AvgIpc) is 2.50. The number of nitrogens with zero attached hydrogens (tertiary/aromatic N) is 1. The van der Waals surface area contributed by atoms with E-state index in [4.69, 9.17) is 22.1 Å². The van der Waals surface area contributed by atoms with Gasteiger partial charge in [-0.05, 0) is 30.5 Å². The molecule has 2 N–H and O–H groups in total. The first-order chi connectivity index (χ1) is 10.4. The smallest absolute Gasteiger partial charge is 0.218 e. The van der Waals surface area contributed by atoms with Gasteiger partial charge in [0.05, 0.1) is 16.9 Å². The van der Waals surface area contributed by atoms with E-state index in [2.05, 4.69) is 0 Å². The van der Waals surface area contributed by atoms with Crippen molar-refractivity contribution in [2.75, 3.05) is 20.2 Å². The van der Waals surface area contributed by atoms with Crippen LogP contribution in [0, 0.1) is 5.82 Å². The van der Waals surface area contributed by atoms with Crippen LogP contribution in [0.3, 0.4) is 0 Å². The fourth-order valence-electron chi connectivity index (χ4n) is 2.71. The van der Waals surface area contributed by atoms with Crippen LogP contribution in [-0.4, -0.2) is 45.1 Å². The molecule has 0 amide bonds. The van der Waals surface area contributed by atoms with Crippen LogP contribution in [0.1, 0.15) is 18.4 Å². The molecule has 2 atom stereocenters. The molecule has 1 saturated heterocycles. The Hall–Kier alpha value is -0.440. The van der Waals surface area contributed by atoms with Gasteiger partial charge in [-0.15, -0.1) is 12.4 Å². The minimum absolute atomic E-state index is 0. The van der Waals surface area contributed by atoms with E-state index in [9.17, 15) is 12.8 Å². The first-order valence-electron chi connectivity index (χ1n) is 7.03. The fraction of sp³-hybridized carbons (Fsp3) is 0.571. The van der Waals surface area contributed by atoms with Gasteiger partial charge >= 0.3 is 0 Å². The van der Waals surface area contributed by atoms with Crippen molar-refractivity contribution in [3.8, 4) is 0 Å². The summed E-state index contributed by atoms with van der Waals surface area (Å²) in [4.78, 5) is 0. The average molecular weight is 387 g/mol. The maximum atomic E-state index is 13.2. The number of benzene rings is 1. The zero-order valence-corrected chi connectivity index (χ0v) is 15.1. The van der Waals surface area contributed by atoms with Gasteiger partial charge in [-0.3, -0.25) is 0 Å². The number of hydrogen-bond donors (Lipinski definition) is 1. The summed E-state index contributed by atoms with van der Waals surface area (Å²) in [7, 11) is -1.93. The molecule has 2 rings (SSSR count). The molecule has 1 fully saturated rings. The van der Waals surface area contributed by atoms with E-state index in [1.165, 1.54) is 22.5 Å². The van der Waals surface area contributed by atoms with Gasteiger partial charge in [0, 0.05) is 26.2 Å². The first-order valence-corrected chi connectivity index (χ1v) is 9.02. The fourth-order valence-corrected chi connectivity index (χ4v) is 4.69.